The monoisotopic (exact) mass is 461 g/mol. The Morgan fingerprint density at radius 2 is 1.88 bits per heavy atom. The Labute approximate surface area is 195 Å². The Morgan fingerprint density at radius 1 is 1.06 bits per heavy atom. The molecule has 2 N–H and O–H groups in total. The molecular formula is C24H23N5O3S. The number of methoxy groups -OCH3 is 1. The van der Waals surface area contributed by atoms with Gasteiger partial charge in [0.1, 0.15) is 10.8 Å². The maximum absolute atomic E-state index is 13.1. The van der Waals surface area contributed by atoms with Crippen LogP contribution in [-0.4, -0.2) is 38.3 Å². The third-order valence-electron chi connectivity index (χ3n) is 4.99. The maximum atomic E-state index is 13.1. The minimum absolute atomic E-state index is 0.0897. The molecule has 0 bridgehead atoms. The molecule has 0 unspecified atom stereocenters. The van der Waals surface area contributed by atoms with Gasteiger partial charge in [-0.25, -0.2) is 0 Å². The summed E-state index contributed by atoms with van der Waals surface area (Å²) in [4.78, 5) is 21.8. The van der Waals surface area contributed by atoms with Crippen molar-refractivity contribution >= 4 is 22.4 Å². The van der Waals surface area contributed by atoms with Gasteiger partial charge in [0, 0.05) is 35.1 Å². The van der Waals surface area contributed by atoms with Crippen molar-refractivity contribution in [1.82, 2.24) is 20.2 Å². The molecule has 0 radical (unpaired) electrons. The topological polar surface area (TPSA) is 110 Å². The van der Waals surface area contributed by atoms with Crippen LogP contribution in [0.4, 0.5) is 5.13 Å². The second-order valence-electron chi connectivity index (χ2n) is 7.31. The molecule has 3 heterocycles. The lowest BCUT2D eigenvalue weighted by Gasteiger charge is -2.13. The average Bonchev–Trinajstić information content (AvgIpc) is 3.29. The van der Waals surface area contributed by atoms with Crippen molar-refractivity contribution in [3.8, 4) is 16.9 Å². The Kier molecular flexibility index (Phi) is 7.01. The van der Waals surface area contributed by atoms with Crippen molar-refractivity contribution in [1.29, 1.82) is 0 Å². The van der Waals surface area contributed by atoms with Gasteiger partial charge in [-0.05, 0) is 37.6 Å². The van der Waals surface area contributed by atoms with Gasteiger partial charge in [-0.15, -0.1) is 10.2 Å². The molecule has 4 rings (SSSR count). The van der Waals surface area contributed by atoms with E-state index in [4.69, 9.17) is 4.74 Å². The van der Waals surface area contributed by atoms with E-state index in [9.17, 15) is 9.90 Å². The molecule has 168 valence electrons. The number of aromatic nitrogens is 4. The van der Waals surface area contributed by atoms with E-state index in [2.05, 4.69) is 25.5 Å². The van der Waals surface area contributed by atoms with Gasteiger partial charge >= 0.3 is 0 Å². The normalized spacial score (nSPS) is 10.8. The van der Waals surface area contributed by atoms with E-state index in [1.165, 1.54) is 11.3 Å². The summed E-state index contributed by atoms with van der Waals surface area (Å²) in [5.41, 5.74) is 4.27. The summed E-state index contributed by atoms with van der Waals surface area (Å²) in [6.45, 7) is 1.79. The molecule has 1 aromatic carbocycles. The SMILES string of the molecule is COc1ccccc1-c1cc(C)ncc1C(=O)Nc1nnc(CCc2cccc(CO)n2)s1. The largest absolute Gasteiger partial charge is 0.496 e. The fraction of sp³-hybridized carbons (Fsp3) is 0.208. The number of aliphatic hydroxyl groups excluding tert-OH is 1. The van der Waals surface area contributed by atoms with Crippen molar-refractivity contribution in [2.75, 3.05) is 12.4 Å². The summed E-state index contributed by atoms with van der Waals surface area (Å²) in [6, 6.07) is 15.0. The van der Waals surface area contributed by atoms with Gasteiger partial charge in [-0.2, -0.15) is 0 Å². The van der Waals surface area contributed by atoms with Crippen LogP contribution in [0.5, 0.6) is 5.75 Å². The number of nitrogens with zero attached hydrogens (tertiary/aromatic N) is 4. The van der Waals surface area contributed by atoms with Crippen LogP contribution < -0.4 is 10.1 Å². The summed E-state index contributed by atoms with van der Waals surface area (Å²) >= 11 is 1.32. The minimum Gasteiger partial charge on any atom is -0.496 e. The molecule has 8 nitrogen and oxygen atoms in total. The predicted molar refractivity (Wildman–Crippen MR) is 126 cm³/mol. The zero-order valence-electron chi connectivity index (χ0n) is 18.3. The standard InChI is InChI=1S/C24H23N5O3S/c1-15-12-19(18-8-3-4-9-21(18)32-2)20(13-25-15)23(31)27-24-29-28-22(33-24)11-10-16-6-5-7-17(14-30)26-16/h3-9,12-13,30H,10-11,14H2,1-2H3,(H,27,29,31). The highest BCUT2D eigenvalue weighted by Gasteiger charge is 2.18. The van der Waals surface area contributed by atoms with Gasteiger partial charge in [-0.3, -0.25) is 20.1 Å². The molecule has 0 atom stereocenters. The summed E-state index contributed by atoms with van der Waals surface area (Å²) in [7, 11) is 1.60. The second kappa shape index (κ2) is 10.3. The number of carbonyl (C=O) groups excluding carboxylic acids is 1. The first kappa shape index (κ1) is 22.5. The molecule has 0 fully saturated rings. The number of aryl methyl sites for hydroxylation is 3. The molecule has 0 spiro atoms. The van der Waals surface area contributed by atoms with E-state index >= 15 is 0 Å². The number of hydrogen-bond donors (Lipinski definition) is 2. The number of nitrogens with one attached hydrogen (secondary N) is 1. The summed E-state index contributed by atoms with van der Waals surface area (Å²) < 4.78 is 5.48. The highest BCUT2D eigenvalue weighted by molar-refractivity contribution is 7.15. The van der Waals surface area contributed by atoms with E-state index in [0.717, 1.165) is 27.5 Å². The molecular weight excluding hydrogens is 438 g/mol. The molecule has 0 saturated carbocycles. The van der Waals surface area contributed by atoms with Gasteiger partial charge in [-0.1, -0.05) is 35.6 Å². The van der Waals surface area contributed by atoms with E-state index in [1.54, 1.807) is 19.4 Å². The minimum atomic E-state index is -0.316. The van der Waals surface area contributed by atoms with E-state index in [1.807, 2.05) is 49.4 Å². The summed E-state index contributed by atoms with van der Waals surface area (Å²) in [6.07, 6.45) is 2.86. The summed E-state index contributed by atoms with van der Waals surface area (Å²) in [5, 5.41) is 21.6. The first-order chi connectivity index (χ1) is 16.1. The number of benzene rings is 1. The number of pyridine rings is 2. The molecule has 9 heteroatoms. The fourth-order valence-electron chi connectivity index (χ4n) is 3.39. The number of rotatable bonds is 8. The average molecular weight is 462 g/mol. The van der Waals surface area contributed by atoms with Crippen molar-refractivity contribution < 1.29 is 14.6 Å². The van der Waals surface area contributed by atoms with Crippen LogP contribution in [0.3, 0.4) is 0 Å². The number of anilines is 1. The lowest BCUT2D eigenvalue weighted by atomic mass is 9.99. The van der Waals surface area contributed by atoms with Crippen molar-refractivity contribution in [3.63, 3.8) is 0 Å². The van der Waals surface area contributed by atoms with Crippen LogP contribution in [0.15, 0.2) is 54.7 Å². The third-order valence-corrected chi connectivity index (χ3v) is 5.89. The van der Waals surface area contributed by atoms with Crippen LogP contribution in [0.1, 0.15) is 32.4 Å². The number of hydrogen-bond acceptors (Lipinski definition) is 8. The van der Waals surface area contributed by atoms with Gasteiger partial charge in [0.25, 0.3) is 5.91 Å². The lowest BCUT2D eigenvalue weighted by Crippen LogP contribution is -2.14. The van der Waals surface area contributed by atoms with Crippen molar-refractivity contribution in [3.05, 3.63) is 82.4 Å². The van der Waals surface area contributed by atoms with Crippen LogP contribution in [0.25, 0.3) is 11.1 Å². The second-order valence-corrected chi connectivity index (χ2v) is 8.37. The molecule has 0 aliphatic rings. The first-order valence-corrected chi connectivity index (χ1v) is 11.2. The number of carbonyl (C=O) groups is 1. The zero-order valence-corrected chi connectivity index (χ0v) is 19.1. The Balaban J connectivity index is 1.50. The number of para-hydroxylation sites is 1. The quantitative estimate of drug-likeness (QED) is 0.410. The van der Waals surface area contributed by atoms with E-state index in [0.29, 0.717) is 35.0 Å². The van der Waals surface area contributed by atoms with E-state index in [-0.39, 0.29) is 12.5 Å². The first-order valence-electron chi connectivity index (χ1n) is 10.4. The Hall–Kier alpha value is -3.69. The van der Waals surface area contributed by atoms with Crippen LogP contribution in [-0.2, 0) is 19.4 Å². The lowest BCUT2D eigenvalue weighted by molar-refractivity contribution is 0.102. The molecule has 4 aromatic rings. The van der Waals surface area contributed by atoms with Gasteiger partial charge < -0.3 is 9.84 Å². The fourth-order valence-corrected chi connectivity index (χ4v) is 4.13. The van der Waals surface area contributed by atoms with Gasteiger partial charge in [0.2, 0.25) is 5.13 Å². The predicted octanol–water partition coefficient (Wildman–Crippen LogP) is 3.84. The Morgan fingerprint density at radius 3 is 2.70 bits per heavy atom. The highest BCUT2D eigenvalue weighted by Crippen LogP contribution is 2.33. The number of aliphatic hydroxyl groups is 1. The molecule has 0 aliphatic carbocycles. The van der Waals surface area contributed by atoms with Crippen molar-refractivity contribution in [2.24, 2.45) is 0 Å². The van der Waals surface area contributed by atoms with Crippen molar-refractivity contribution in [2.45, 2.75) is 26.4 Å². The van der Waals surface area contributed by atoms with Crippen LogP contribution in [0.2, 0.25) is 0 Å². The molecule has 3 aromatic heterocycles. The molecule has 1 amide bonds. The van der Waals surface area contributed by atoms with Crippen LogP contribution in [0, 0.1) is 6.92 Å². The highest BCUT2D eigenvalue weighted by atomic mass is 32.1. The van der Waals surface area contributed by atoms with E-state index < -0.39 is 0 Å². The maximum Gasteiger partial charge on any atom is 0.259 e. The van der Waals surface area contributed by atoms with Gasteiger partial charge in [0.05, 0.1) is 25.0 Å². The molecule has 0 saturated heterocycles. The van der Waals surface area contributed by atoms with Gasteiger partial charge in [0.15, 0.2) is 0 Å². The smallest absolute Gasteiger partial charge is 0.259 e. The number of amides is 1. The summed E-state index contributed by atoms with van der Waals surface area (Å²) in [5.74, 6) is 0.359. The number of ether oxygens (including phenoxy) is 1. The third kappa shape index (κ3) is 5.39. The molecule has 0 aliphatic heterocycles. The molecule has 33 heavy (non-hydrogen) atoms. The van der Waals surface area contributed by atoms with Crippen LogP contribution >= 0.6 is 11.3 Å². The Bertz CT molecular complexity index is 1270. The zero-order chi connectivity index (χ0) is 23.2.